The minimum absolute atomic E-state index is 0.828. The van der Waals surface area contributed by atoms with Crippen LogP contribution in [0.15, 0.2) is 18.2 Å². The second-order valence-electron chi connectivity index (χ2n) is 6.25. The highest BCUT2D eigenvalue weighted by Gasteiger charge is 2.21. The molecular formula is C17H28ClN3. The van der Waals surface area contributed by atoms with Gasteiger partial charge in [0.1, 0.15) is 0 Å². The molecule has 1 saturated heterocycles. The average Bonchev–Trinajstić information content (AvgIpc) is 2.46. The first-order chi connectivity index (χ1) is 10.1. The predicted molar refractivity (Wildman–Crippen MR) is 92.3 cm³/mol. The third kappa shape index (κ3) is 4.87. The molecule has 1 aromatic carbocycles. The maximum atomic E-state index is 6.16. The number of hydrogen-bond acceptors (Lipinski definition) is 3. The van der Waals surface area contributed by atoms with Gasteiger partial charge in [0.05, 0.1) is 0 Å². The molecule has 0 aliphatic carbocycles. The van der Waals surface area contributed by atoms with Crippen molar-refractivity contribution in [2.45, 2.75) is 26.3 Å². The lowest BCUT2D eigenvalue weighted by molar-refractivity contribution is 0.285. The Hall–Kier alpha value is -0.770. The summed E-state index contributed by atoms with van der Waals surface area (Å²) in [5.41, 5.74) is 2.67. The van der Waals surface area contributed by atoms with Crippen molar-refractivity contribution in [1.29, 1.82) is 0 Å². The van der Waals surface area contributed by atoms with Crippen molar-refractivity contribution in [1.82, 2.24) is 10.2 Å². The topological polar surface area (TPSA) is 18.5 Å². The number of rotatable bonds is 6. The fourth-order valence-electron chi connectivity index (χ4n) is 3.14. The molecule has 0 atom stereocenters. The fraction of sp³-hybridized carbons (Fsp3) is 0.647. The molecule has 1 aliphatic rings. The monoisotopic (exact) mass is 309 g/mol. The first-order valence-corrected chi connectivity index (χ1v) is 8.36. The van der Waals surface area contributed by atoms with Crippen LogP contribution in [-0.2, 0) is 6.54 Å². The molecule has 118 valence electrons. The van der Waals surface area contributed by atoms with E-state index in [1.165, 1.54) is 30.6 Å². The summed E-state index contributed by atoms with van der Waals surface area (Å²) >= 11 is 6.16. The van der Waals surface area contributed by atoms with Gasteiger partial charge in [-0.1, -0.05) is 18.5 Å². The van der Waals surface area contributed by atoms with Crippen molar-refractivity contribution < 1.29 is 0 Å². The smallest absolute Gasteiger partial charge is 0.0412 e. The van der Waals surface area contributed by atoms with Gasteiger partial charge in [-0.2, -0.15) is 0 Å². The van der Waals surface area contributed by atoms with E-state index in [0.717, 1.165) is 37.1 Å². The lowest BCUT2D eigenvalue weighted by Gasteiger charge is -2.35. The first kappa shape index (κ1) is 16.6. The SMILES string of the molecule is CCNCc1cc(Cl)ccc1N1CCC(CN(C)C)CC1. The molecule has 0 spiro atoms. The molecule has 0 aromatic heterocycles. The molecule has 0 amide bonds. The molecule has 1 heterocycles. The summed E-state index contributed by atoms with van der Waals surface area (Å²) < 4.78 is 0. The Morgan fingerprint density at radius 2 is 2.00 bits per heavy atom. The van der Waals surface area contributed by atoms with Crippen molar-refractivity contribution >= 4 is 17.3 Å². The summed E-state index contributed by atoms with van der Waals surface area (Å²) in [5, 5.41) is 4.24. The van der Waals surface area contributed by atoms with Crippen LogP contribution in [0.2, 0.25) is 5.02 Å². The van der Waals surface area contributed by atoms with Crippen molar-refractivity contribution in [3.63, 3.8) is 0 Å². The van der Waals surface area contributed by atoms with E-state index in [1.807, 2.05) is 6.07 Å². The summed E-state index contributed by atoms with van der Waals surface area (Å²) in [7, 11) is 4.33. The van der Waals surface area contributed by atoms with Crippen molar-refractivity contribution in [3.8, 4) is 0 Å². The number of halogens is 1. The van der Waals surface area contributed by atoms with E-state index in [4.69, 9.17) is 11.6 Å². The Balaban J connectivity index is 2.02. The Labute approximate surface area is 134 Å². The molecular weight excluding hydrogens is 282 g/mol. The maximum Gasteiger partial charge on any atom is 0.0412 e. The quantitative estimate of drug-likeness (QED) is 0.870. The van der Waals surface area contributed by atoms with Crippen LogP contribution in [0.4, 0.5) is 5.69 Å². The van der Waals surface area contributed by atoms with Gasteiger partial charge in [0.25, 0.3) is 0 Å². The van der Waals surface area contributed by atoms with E-state index < -0.39 is 0 Å². The maximum absolute atomic E-state index is 6.16. The Morgan fingerprint density at radius 3 is 2.62 bits per heavy atom. The van der Waals surface area contributed by atoms with Gasteiger partial charge in [0, 0.05) is 36.9 Å². The van der Waals surface area contributed by atoms with Gasteiger partial charge in [-0.3, -0.25) is 0 Å². The zero-order valence-electron chi connectivity index (χ0n) is 13.5. The molecule has 0 unspecified atom stereocenters. The van der Waals surface area contributed by atoms with Gasteiger partial charge in [-0.25, -0.2) is 0 Å². The van der Waals surface area contributed by atoms with Crippen LogP contribution in [0, 0.1) is 5.92 Å². The number of anilines is 1. The molecule has 4 heteroatoms. The third-order valence-electron chi connectivity index (χ3n) is 4.19. The zero-order chi connectivity index (χ0) is 15.2. The van der Waals surface area contributed by atoms with E-state index >= 15 is 0 Å². The second kappa shape index (κ2) is 8.02. The van der Waals surface area contributed by atoms with E-state index in [2.05, 4.69) is 48.3 Å². The van der Waals surface area contributed by atoms with Crippen LogP contribution in [0.1, 0.15) is 25.3 Å². The Bertz CT molecular complexity index is 440. The highest BCUT2D eigenvalue weighted by atomic mass is 35.5. The van der Waals surface area contributed by atoms with Gasteiger partial charge in [0.2, 0.25) is 0 Å². The largest absolute Gasteiger partial charge is 0.371 e. The minimum atomic E-state index is 0.828. The van der Waals surface area contributed by atoms with Crippen molar-refractivity contribution in [2.24, 2.45) is 5.92 Å². The normalized spacial score (nSPS) is 16.7. The van der Waals surface area contributed by atoms with E-state index in [9.17, 15) is 0 Å². The summed E-state index contributed by atoms with van der Waals surface area (Å²) in [5.74, 6) is 0.834. The van der Waals surface area contributed by atoms with Crippen LogP contribution >= 0.6 is 11.6 Å². The molecule has 1 aromatic rings. The molecule has 3 nitrogen and oxygen atoms in total. The first-order valence-electron chi connectivity index (χ1n) is 7.99. The predicted octanol–water partition coefficient (Wildman–Crippen LogP) is 3.23. The van der Waals surface area contributed by atoms with E-state index in [-0.39, 0.29) is 0 Å². The van der Waals surface area contributed by atoms with Gasteiger partial charge in [-0.05, 0) is 63.2 Å². The Kier molecular flexibility index (Phi) is 6.34. The highest BCUT2D eigenvalue weighted by Crippen LogP contribution is 2.28. The lowest BCUT2D eigenvalue weighted by Crippen LogP contribution is -2.37. The van der Waals surface area contributed by atoms with Crippen LogP contribution in [0.25, 0.3) is 0 Å². The lowest BCUT2D eigenvalue weighted by atomic mass is 9.95. The number of piperidine rings is 1. The zero-order valence-corrected chi connectivity index (χ0v) is 14.3. The van der Waals surface area contributed by atoms with E-state index in [1.54, 1.807) is 0 Å². The number of nitrogens with one attached hydrogen (secondary N) is 1. The second-order valence-corrected chi connectivity index (χ2v) is 6.68. The highest BCUT2D eigenvalue weighted by molar-refractivity contribution is 6.30. The van der Waals surface area contributed by atoms with Crippen molar-refractivity contribution in [3.05, 3.63) is 28.8 Å². The summed E-state index contributed by atoms with van der Waals surface area (Å²) in [6, 6.07) is 6.30. The third-order valence-corrected chi connectivity index (χ3v) is 4.42. The molecule has 1 fully saturated rings. The Morgan fingerprint density at radius 1 is 1.29 bits per heavy atom. The van der Waals surface area contributed by atoms with Crippen LogP contribution in [-0.4, -0.2) is 45.2 Å². The van der Waals surface area contributed by atoms with Gasteiger partial charge < -0.3 is 15.1 Å². The van der Waals surface area contributed by atoms with Crippen LogP contribution in [0.3, 0.4) is 0 Å². The molecule has 0 saturated carbocycles. The van der Waals surface area contributed by atoms with Gasteiger partial charge >= 0.3 is 0 Å². The van der Waals surface area contributed by atoms with E-state index in [0.29, 0.717) is 0 Å². The minimum Gasteiger partial charge on any atom is -0.371 e. The fourth-order valence-corrected chi connectivity index (χ4v) is 3.33. The number of hydrogen-bond donors (Lipinski definition) is 1. The molecule has 1 aliphatic heterocycles. The summed E-state index contributed by atoms with van der Waals surface area (Å²) in [6.07, 6.45) is 2.56. The molecule has 2 rings (SSSR count). The molecule has 0 radical (unpaired) electrons. The molecule has 1 N–H and O–H groups in total. The number of benzene rings is 1. The van der Waals surface area contributed by atoms with Gasteiger partial charge in [-0.15, -0.1) is 0 Å². The molecule has 21 heavy (non-hydrogen) atoms. The number of nitrogens with zero attached hydrogens (tertiary/aromatic N) is 2. The standard InChI is InChI=1S/C17H28ClN3/c1-4-19-12-15-11-16(18)5-6-17(15)21-9-7-14(8-10-21)13-20(2)3/h5-6,11,14,19H,4,7-10,12-13H2,1-3H3. The average molecular weight is 310 g/mol. The summed E-state index contributed by atoms with van der Waals surface area (Å²) in [6.45, 7) is 7.52. The molecule has 0 bridgehead atoms. The van der Waals surface area contributed by atoms with Crippen LogP contribution < -0.4 is 10.2 Å². The van der Waals surface area contributed by atoms with Crippen LogP contribution in [0.5, 0.6) is 0 Å². The van der Waals surface area contributed by atoms with Crippen molar-refractivity contribution in [2.75, 3.05) is 45.2 Å². The van der Waals surface area contributed by atoms with Gasteiger partial charge in [0.15, 0.2) is 0 Å². The summed E-state index contributed by atoms with van der Waals surface area (Å²) in [4.78, 5) is 4.83.